The molecule has 1 unspecified atom stereocenters. The summed E-state index contributed by atoms with van der Waals surface area (Å²) in [6, 6.07) is 6.77. The second kappa shape index (κ2) is 9.58. The largest absolute Gasteiger partial charge is 0.367 e. The summed E-state index contributed by atoms with van der Waals surface area (Å²) >= 11 is 2.44. The molecule has 2 N–H and O–H groups in total. The van der Waals surface area contributed by atoms with Crippen LogP contribution in [-0.2, 0) is 0 Å². The fourth-order valence-electron chi connectivity index (χ4n) is 4.55. The Hall–Kier alpha value is -2.66. The average Bonchev–Trinajstić information content (AvgIpc) is 3.38. The summed E-state index contributed by atoms with van der Waals surface area (Å²) in [6.07, 6.45) is -0.430. The van der Waals surface area contributed by atoms with Crippen LogP contribution in [0.3, 0.4) is 0 Å². The van der Waals surface area contributed by atoms with Gasteiger partial charge in [-0.05, 0) is 50.8 Å². The van der Waals surface area contributed by atoms with E-state index in [1.54, 1.807) is 11.9 Å². The predicted octanol–water partition coefficient (Wildman–Crippen LogP) is 3.99. The molecule has 0 radical (unpaired) electrons. The number of halogens is 2. The number of piperazine rings is 1. The fraction of sp³-hybridized carbons (Fsp3) is 0.542. The van der Waals surface area contributed by atoms with Crippen molar-refractivity contribution in [3.05, 3.63) is 17.1 Å². The molecule has 9 nitrogen and oxygen atoms in total. The van der Waals surface area contributed by atoms with E-state index < -0.39 is 6.43 Å². The highest BCUT2D eigenvalue weighted by atomic mass is 32.2. The lowest BCUT2D eigenvalue weighted by molar-refractivity contribution is 0.150. The van der Waals surface area contributed by atoms with Crippen LogP contribution >= 0.6 is 23.3 Å². The zero-order valence-electron chi connectivity index (χ0n) is 20.5. The Morgan fingerprint density at radius 1 is 1.22 bits per heavy atom. The summed E-state index contributed by atoms with van der Waals surface area (Å²) in [5.74, 6) is 0.410. The van der Waals surface area contributed by atoms with Crippen molar-refractivity contribution in [3.63, 3.8) is 0 Å². The molecule has 6 rings (SSSR count). The van der Waals surface area contributed by atoms with Crippen LogP contribution in [0.15, 0.2) is 17.0 Å². The van der Waals surface area contributed by atoms with E-state index in [9.17, 15) is 14.0 Å². The van der Waals surface area contributed by atoms with Gasteiger partial charge >= 0.3 is 0 Å². The summed E-state index contributed by atoms with van der Waals surface area (Å²) in [5.41, 5.74) is 2.36. The number of rotatable bonds is 7. The molecule has 1 aliphatic carbocycles. The summed E-state index contributed by atoms with van der Waals surface area (Å²) < 4.78 is 30.4. The van der Waals surface area contributed by atoms with Crippen molar-refractivity contribution in [2.75, 3.05) is 42.5 Å². The van der Waals surface area contributed by atoms with Gasteiger partial charge in [0.1, 0.15) is 5.69 Å². The third-order valence-electron chi connectivity index (χ3n) is 7.04. The summed E-state index contributed by atoms with van der Waals surface area (Å²) in [6.45, 7) is 7.93. The minimum absolute atomic E-state index is 0.0724. The van der Waals surface area contributed by atoms with Gasteiger partial charge in [-0.25, -0.2) is 18.7 Å². The van der Waals surface area contributed by atoms with E-state index in [-0.39, 0.29) is 16.5 Å². The van der Waals surface area contributed by atoms with Gasteiger partial charge in [-0.1, -0.05) is 11.3 Å². The van der Waals surface area contributed by atoms with Gasteiger partial charge in [0.05, 0.1) is 23.2 Å². The molecular weight excluding hydrogens is 516 g/mol. The van der Waals surface area contributed by atoms with Gasteiger partial charge in [-0.2, -0.15) is 5.26 Å². The van der Waals surface area contributed by atoms with E-state index >= 15 is 0 Å². The summed E-state index contributed by atoms with van der Waals surface area (Å²) in [7, 11) is 0. The van der Waals surface area contributed by atoms with Crippen molar-refractivity contribution < 1.29 is 8.78 Å². The molecule has 3 aliphatic rings. The van der Waals surface area contributed by atoms with Crippen LogP contribution in [0.4, 0.5) is 20.4 Å². The zero-order chi connectivity index (χ0) is 25.7. The number of benzene rings is 1. The van der Waals surface area contributed by atoms with Gasteiger partial charge in [0, 0.05) is 54.6 Å². The second-order valence-electron chi connectivity index (χ2n) is 10.3. The van der Waals surface area contributed by atoms with Crippen LogP contribution < -0.4 is 19.8 Å². The minimum Gasteiger partial charge on any atom is -0.367 e. The maximum atomic E-state index is 13.4. The summed E-state index contributed by atoms with van der Waals surface area (Å²) in [4.78, 5) is 15.1. The smallest absolute Gasteiger partial charge is 0.291 e. The number of hydrogen-bond donors (Lipinski definition) is 2. The quantitative estimate of drug-likeness (QED) is 0.425. The van der Waals surface area contributed by atoms with E-state index in [1.165, 1.54) is 0 Å². The van der Waals surface area contributed by atoms with Crippen molar-refractivity contribution >= 4 is 45.8 Å². The Morgan fingerprint density at radius 3 is 2.70 bits per heavy atom. The molecule has 0 bridgehead atoms. The molecule has 194 valence electrons. The molecule has 1 saturated carbocycles. The first kappa shape index (κ1) is 24.7. The number of aromatic nitrogens is 4. The topological polar surface area (TPSA) is 106 Å². The Morgan fingerprint density at radius 2 is 2.03 bits per heavy atom. The molecular formula is C24H27F2N9S2. The highest BCUT2D eigenvalue weighted by molar-refractivity contribution is 7.97. The van der Waals surface area contributed by atoms with Crippen molar-refractivity contribution in [1.82, 2.24) is 30.2 Å². The molecule has 3 fully saturated rings. The van der Waals surface area contributed by atoms with Gasteiger partial charge in [0.15, 0.2) is 10.0 Å². The molecule has 2 aromatic heterocycles. The van der Waals surface area contributed by atoms with Crippen LogP contribution in [0, 0.1) is 17.2 Å². The van der Waals surface area contributed by atoms with Crippen molar-refractivity contribution in [2.45, 2.75) is 49.6 Å². The third-order valence-corrected chi connectivity index (χ3v) is 9.05. The van der Waals surface area contributed by atoms with Crippen LogP contribution in [-0.4, -0.2) is 64.5 Å². The third kappa shape index (κ3) is 4.95. The van der Waals surface area contributed by atoms with Crippen LogP contribution in [0.1, 0.15) is 38.1 Å². The number of fused-ring (bicyclic) bond motifs is 1. The van der Waals surface area contributed by atoms with E-state index in [4.69, 9.17) is 9.97 Å². The maximum Gasteiger partial charge on any atom is 0.291 e. The molecule has 1 aromatic carbocycles. The van der Waals surface area contributed by atoms with E-state index in [0.717, 1.165) is 65.3 Å². The Labute approximate surface area is 221 Å². The second-order valence-corrected chi connectivity index (χ2v) is 12.1. The lowest BCUT2D eigenvalue weighted by atomic mass is 10.0. The highest BCUT2D eigenvalue weighted by Crippen LogP contribution is 2.42. The standard InChI is InChI=1S/C24H27F2N9S2/c1-13-10-34(6-5-28-13)17-8-15(37-33-24(2)3-4-24)7-16-18(17)29-23(35-11-14(9-27)12-35)30-19(16)21-31-32-22(36-21)20(25)26/h7-8,13-14,20,28,33H,3-6,10-12H2,1-2H3. The molecule has 0 amide bonds. The normalized spacial score (nSPS) is 21.4. The number of anilines is 2. The van der Waals surface area contributed by atoms with E-state index in [0.29, 0.717) is 35.8 Å². The van der Waals surface area contributed by atoms with Gasteiger partial charge in [0.25, 0.3) is 6.43 Å². The number of nitrogens with zero attached hydrogens (tertiary/aromatic N) is 7. The molecule has 0 spiro atoms. The molecule has 4 heterocycles. The Balaban J connectivity index is 1.51. The van der Waals surface area contributed by atoms with E-state index in [1.807, 2.05) is 11.0 Å². The predicted molar refractivity (Wildman–Crippen MR) is 141 cm³/mol. The lowest BCUT2D eigenvalue weighted by Gasteiger charge is -2.36. The monoisotopic (exact) mass is 543 g/mol. The highest BCUT2D eigenvalue weighted by Gasteiger charge is 2.37. The SMILES string of the molecule is CC1CN(c2cc(SNC3(C)CC3)cc3c(-c4nnc(C(F)F)s4)nc(N4CC(C#N)C4)nc23)CCN1. The number of hydrogen-bond acceptors (Lipinski definition) is 11. The first-order valence-corrected chi connectivity index (χ1v) is 14.0. The first-order chi connectivity index (χ1) is 17.8. The first-order valence-electron chi connectivity index (χ1n) is 12.4. The van der Waals surface area contributed by atoms with Crippen molar-refractivity contribution in [3.8, 4) is 16.8 Å². The van der Waals surface area contributed by atoms with Gasteiger partial charge in [-0.15, -0.1) is 10.2 Å². The molecule has 2 saturated heterocycles. The number of nitrogens with one attached hydrogen (secondary N) is 2. The van der Waals surface area contributed by atoms with Gasteiger partial charge in [-0.3, -0.25) is 4.72 Å². The molecule has 2 aliphatic heterocycles. The van der Waals surface area contributed by atoms with Crippen LogP contribution in [0.2, 0.25) is 0 Å². The van der Waals surface area contributed by atoms with Crippen LogP contribution in [0.25, 0.3) is 21.6 Å². The van der Waals surface area contributed by atoms with Crippen molar-refractivity contribution in [2.24, 2.45) is 5.92 Å². The molecule has 1 atom stereocenters. The Bertz CT molecular complexity index is 1360. The molecule has 13 heteroatoms. The zero-order valence-corrected chi connectivity index (χ0v) is 22.2. The van der Waals surface area contributed by atoms with Gasteiger partial charge < -0.3 is 15.1 Å². The summed E-state index contributed by atoms with van der Waals surface area (Å²) in [5, 5.41) is 21.3. The number of nitriles is 1. The minimum atomic E-state index is -2.70. The van der Waals surface area contributed by atoms with E-state index in [2.05, 4.69) is 51.1 Å². The van der Waals surface area contributed by atoms with Crippen LogP contribution in [0.5, 0.6) is 0 Å². The van der Waals surface area contributed by atoms with Crippen molar-refractivity contribution in [1.29, 1.82) is 5.26 Å². The number of alkyl halides is 2. The maximum absolute atomic E-state index is 13.4. The Kier molecular flexibility index (Phi) is 6.38. The lowest BCUT2D eigenvalue weighted by Crippen LogP contribution is -2.49. The molecule has 3 aromatic rings. The fourth-order valence-corrected chi connectivity index (χ4v) is 6.16. The average molecular weight is 544 g/mol. The molecule has 37 heavy (non-hydrogen) atoms. The van der Waals surface area contributed by atoms with Gasteiger partial charge in [0.2, 0.25) is 5.95 Å².